The molecule has 0 saturated heterocycles. The summed E-state index contributed by atoms with van der Waals surface area (Å²) in [6.07, 6.45) is -0.665. The van der Waals surface area contributed by atoms with Crippen molar-refractivity contribution in [2.75, 3.05) is 0 Å². The molecular weight excluding hydrogens is 359 g/mol. The van der Waals surface area contributed by atoms with Crippen LogP contribution in [0, 0.1) is 6.92 Å². The fourth-order valence-electron chi connectivity index (χ4n) is 3.72. The molecule has 0 aliphatic heterocycles. The average molecular weight is 377 g/mol. The van der Waals surface area contributed by atoms with Crippen molar-refractivity contribution in [3.05, 3.63) is 41.6 Å². The lowest BCUT2D eigenvalue weighted by Crippen LogP contribution is -2.18. The van der Waals surface area contributed by atoms with E-state index < -0.39 is 23.6 Å². The van der Waals surface area contributed by atoms with E-state index in [0.29, 0.717) is 17.4 Å². The largest absolute Gasteiger partial charge is 0.507 e. The third kappa shape index (κ3) is 3.14. The van der Waals surface area contributed by atoms with Crippen LogP contribution >= 0.6 is 0 Å². The maximum absolute atomic E-state index is 12.9. The number of benzene rings is 1. The molecule has 27 heavy (non-hydrogen) atoms. The minimum Gasteiger partial charge on any atom is -0.507 e. The number of pyridine rings is 1. The highest BCUT2D eigenvalue weighted by Crippen LogP contribution is 2.39. The topological polar surface area (TPSA) is 71.2 Å². The van der Waals surface area contributed by atoms with Gasteiger partial charge in [-0.2, -0.15) is 18.3 Å². The third-order valence-corrected chi connectivity index (χ3v) is 5.07. The molecule has 1 saturated carbocycles. The highest BCUT2D eigenvalue weighted by atomic mass is 19.4. The minimum absolute atomic E-state index is 0.0937. The highest BCUT2D eigenvalue weighted by Gasteiger charge is 2.32. The summed E-state index contributed by atoms with van der Waals surface area (Å²) < 4.78 is 40.4. The van der Waals surface area contributed by atoms with Crippen molar-refractivity contribution in [3.8, 4) is 17.0 Å². The molecule has 5 nitrogen and oxygen atoms in total. The van der Waals surface area contributed by atoms with Crippen LogP contribution in [0.4, 0.5) is 13.2 Å². The number of fused-ring (bicyclic) bond motifs is 1. The molecule has 3 aromatic rings. The molecule has 2 N–H and O–H groups in total. The number of halogens is 3. The minimum atomic E-state index is -4.53. The van der Waals surface area contributed by atoms with Crippen molar-refractivity contribution >= 4 is 11.0 Å². The first-order valence-electron chi connectivity index (χ1n) is 8.69. The van der Waals surface area contributed by atoms with Crippen LogP contribution < -0.4 is 0 Å². The Kier molecular flexibility index (Phi) is 4.10. The molecule has 4 rings (SSSR count). The highest BCUT2D eigenvalue weighted by molar-refractivity contribution is 5.80. The Bertz CT molecular complexity index is 990. The monoisotopic (exact) mass is 377 g/mol. The van der Waals surface area contributed by atoms with Gasteiger partial charge in [0.15, 0.2) is 5.65 Å². The van der Waals surface area contributed by atoms with Gasteiger partial charge in [-0.05, 0) is 56.0 Å². The number of aromatic hydroxyl groups is 1. The van der Waals surface area contributed by atoms with Crippen LogP contribution in [0.15, 0.2) is 30.5 Å². The Morgan fingerprint density at radius 1 is 1.19 bits per heavy atom. The third-order valence-electron chi connectivity index (χ3n) is 5.07. The lowest BCUT2D eigenvalue weighted by Gasteiger charge is -2.14. The van der Waals surface area contributed by atoms with Crippen molar-refractivity contribution in [1.82, 2.24) is 14.8 Å². The van der Waals surface area contributed by atoms with E-state index in [1.807, 2.05) is 6.20 Å². The van der Waals surface area contributed by atoms with Gasteiger partial charge in [0.05, 0.1) is 23.4 Å². The number of phenols is 1. The van der Waals surface area contributed by atoms with Crippen LogP contribution in [-0.2, 0) is 6.18 Å². The molecule has 2 heterocycles. The van der Waals surface area contributed by atoms with Gasteiger partial charge in [0.25, 0.3) is 0 Å². The molecule has 1 fully saturated rings. The maximum atomic E-state index is 12.9. The van der Waals surface area contributed by atoms with Crippen molar-refractivity contribution < 1.29 is 23.4 Å². The van der Waals surface area contributed by atoms with E-state index in [-0.39, 0.29) is 17.2 Å². The molecule has 2 atom stereocenters. The van der Waals surface area contributed by atoms with Gasteiger partial charge in [0, 0.05) is 17.1 Å². The number of aromatic nitrogens is 3. The number of nitrogens with zero attached hydrogens (tertiary/aromatic N) is 3. The fourth-order valence-corrected chi connectivity index (χ4v) is 3.72. The first kappa shape index (κ1) is 17.8. The lowest BCUT2D eigenvalue weighted by molar-refractivity contribution is -0.137. The molecule has 0 amide bonds. The predicted octanol–water partition coefficient (Wildman–Crippen LogP) is 4.22. The maximum Gasteiger partial charge on any atom is 0.416 e. The van der Waals surface area contributed by atoms with E-state index in [4.69, 9.17) is 0 Å². The average Bonchev–Trinajstić information content (AvgIpc) is 3.18. The molecule has 0 radical (unpaired) electrons. The number of hydrogen-bond donors (Lipinski definition) is 2. The quantitative estimate of drug-likeness (QED) is 0.702. The Balaban J connectivity index is 1.76. The summed E-state index contributed by atoms with van der Waals surface area (Å²) in [5.74, 6) is -0.472. The van der Waals surface area contributed by atoms with Crippen molar-refractivity contribution in [2.45, 2.75) is 44.5 Å². The van der Waals surface area contributed by atoms with Gasteiger partial charge < -0.3 is 10.2 Å². The van der Waals surface area contributed by atoms with Crippen LogP contribution in [0.3, 0.4) is 0 Å². The van der Waals surface area contributed by atoms with Gasteiger partial charge in [0.2, 0.25) is 0 Å². The predicted molar refractivity (Wildman–Crippen MR) is 93.3 cm³/mol. The van der Waals surface area contributed by atoms with Gasteiger partial charge in [-0.1, -0.05) is 0 Å². The van der Waals surface area contributed by atoms with Gasteiger partial charge in [-0.15, -0.1) is 0 Å². The number of hydrogen-bond acceptors (Lipinski definition) is 4. The summed E-state index contributed by atoms with van der Waals surface area (Å²) in [6.45, 7) is 1.50. The zero-order valence-corrected chi connectivity index (χ0v) is 14.5. The van der Waals surface area contributed by atoms with Crippen LogP contribution in [0.1, 0.15) is 36.4 Å². The number of alkyl halides is 3. The number of rotatable bonds is 2. The summed E-state index contributed by atoms with van der Waals surface area (Å²) in [5.41, 5.74) is 0.399. The molecular formula is C19H18F3N3O2. The van der Waals surface area contributed by atoms with Gasteiger partial charge >= 0.3 is 6.18 Å². The standard InChI is InChI=1S/C19H18F3N3O2/c1-10-7-12(19(20,21)22)8-16(27)17(10)13-6-5-11-9-25(24-18(11)23-13)14-3-2-4-15(14)26/h5-9,14-15,26-27H,2-4H2,1H3/t14-,15-/m0/s1. The molecule has 2 aromatic heterocycles. The Hall–Kier alpha value is -2.61. The van der Waals surface area contributed by atoms with E-state index in [1.165, 1.54) is 6.92 Å². The van der Waals surface area contributed by atoms with Crippen LogP contribution in [0.25, 0.3) is 22.3 Å². The lowest BCUT2D eigenvalue weighted by atomic mass is 10.00. The van der Waals surface area contributed by atoms with E-state index in [1.54, 1.807) is 16.8 Å². The van der Waals surface area contributed by atoms with E-state index >= 15 is 0 Å². The molecule has 142 valence electrons. The second kappa shape index (κ2) is 6.23. The SMILES string of the molecule is Cc1cc(C(F)(F)F)cc(O)c1-c1ccc2cn([C@H]3CCC[C@@H]3O)nc2n1. The second-order valence-electron chi connectivity index (χ2n) is 6.97. The van der Waals surface area contributed by atoms with Crippen molar-refractivity contribution in [1.29, 1.82) is 0 Å². The second-order valence-corrected chi connectivity index (χ2v) is 6.97. The Morgan fingerprint density at radius 3 is 2.59 bits per heavy atom. The first-order chi connectivity index (χ1) is 12.7. The molecule has 0 spiro atoms. The molecule has 0 unspecified atom stereocenters. The van der Waals surface area contributed by atoms with Gasteiger partial charge in [-0.25, -0.2) is 4.98 Å². The van der Waals surface area contributed by atoms with Crippen LogP contribution in [0.5, 0.6) is 5.75 Å². The Labute approximate surface area is 153 Å². The molecule has 1 aromatic carbocycles. The summed E-state index contributed by atoms with van der Waals surface area (Å²) >= 11 is 0. The molecule has 1 aliphatic carbocycles. The Morgan fingerprint density at radius 2 is 1.96 bits per heavy atom. The number of aliphatic hydroxyl groups is 1. The van der Waals surface area contributed by atoms with E-state index in [2.05, 4.69) is 10.1 Å². The van der Waals surface area contributed by atoms with Gasteiger partial charge in [-0.3, -0.25) is 4.68 Å². The van der Waals surface area contributed by atoms with Crippen molar-refractivity contribution in [2.24, 2.45) is 0 Å². The summed E-state index contributed by atoms with van der Waals surface area (Å²) in [5, 5.41) is 25.4. The summed E-state index contributed by atoms with van der Waals surface area (Å²) in [4.78, 5) is 4.42. The van der Waals surface area contributed by atoms with E-state index in [0.717, 1.165) is 30.7 Å². The molecule has 1 aliphatic rings. The van der Waals surface area contributed by atoms with Crippen LogP contribution in [0.2, 0.25) is 0 Å². The molecule has 0 bridgehead atoms. The number of aryl methyl sites for hydroxylation is 1. The summed E-state index contributed by atoms with van der Waals surface area (Å²) in [7, 11) is 0. The zero-order valence-electron chi connectivity index (χ0n) is 14.5. The summed E-state index contributed by atoms with van der Waals surface area (Å²) in [6, 6.07) is 5.02. The zero-order chi connectivity index (χ0) is 19.3. The number of aliphatic hydroxyl groups excluding tert-OH is 1. The molecule has 8 heteroatoms. The fraction of sp³-hybridized carbons (Fsp3) is 0.368. The van der Waals surface area contributed by atoms with E-state index in [9.17, 15) is 23.4 Å². The number of phenolic OH excluding ortho intramolecular Hbond substituents is 1. The first-order valence-corrected chi connectivity index (χ1v) is 8.69. The van der Waals surface area contributed by atoms with Crippen LogP contribution in [-0.4, -0.2) is 31.1 Å². The normalized spacial score (nSPS) is 20.5. The smallest absolute Gasteiger partial charge is 0.416 e. The van der Waals surface area contributed by atoms with Gasteiger partial charge in [0.1, 0.15) is 5.75 Å². The van der Waals surface area contributed by atoms with Crippen molar-refractivity contribution in [3.63, 3.8) is 0 Å².